The molecule has 0 bridgehead atoms. The number of esters is 1. The second kappa shape index (κ2) is 9.53. The van der Waals surface area contributed by atoms with Gasteiger partial charge in [0.2, 0.25) is 0 Å². The Labute approximate surface area is 205 Å². The molecule has 0 aliphatic rings. The molecule has 3 nitrogen and oxygen atoms in total. The van der Waals surface area contributed by atoms with Gasteiger partial charge in [-0.15, -0.1) is 0 Å². The number of hydrogen-bond donors (Lipinski definition) is 1. The van der Waals surface area contributed by atoms with Crippen molar-refractivity contribution < 1.29 is 89.3 Å². The second-order valence-electron chi connectivity index (χ2n) is 8.22. The largest absolute Gasteiger partial charge is 0.460 e. The van der Waals surface area contributed by atoms with Gasteiger partial charge >= 0.3 is 53.6 Å². The molecule has 0 spiro atoms. The zero-order valence-electron chi connectivity index (χ0n) is 18.7. The van der Waals surface area contributed by atoms with Crippen LogP contribution in [0.3, 0.4) is 0 Å². The zero-order valence-corrected chi connectivity index (χ0v) is 18.7. The molecule has 1 unspecified atom stereocenters. The maximum Gasteiger partial charge on any atom is 0.460 e. The zero-order chi connectivity index (χ0) is 31.5. The molecule has 1 N–H and O–H groups in total. The summed E-state index contributed by atoms with van der Waals surface area (Å²) >= 11 is 0. The minimum Gasteiger partial charge on any atom is -0.427 e. The molecule has 0 fully saturated rings. The highest BCUT2D eigenvalue weighted by Gasteiger charge is 2.95. The highest BCUT2D eigenvalue weighted by molar-refractivity contribution is 5.69. The molecule has 226 valence electrons. The highest BCUT2D eigenvalue weighted by atomic mass is 19.4. The second-order valence-corrected chi connectivity index (χ2v) is 8.22. The summed E-state index contributed by atoms with van der Waals surface area (Å²) in [6, 6.07) is 2.77. The van der Waals surface area contributed by atoms with Crippen LogP contribution in [0, 0.1) is 0 Å². The molecule has 1 aromatic rings. The minimum atomic E-state index is -8.73. The normalized spacial score (nSPS) is 16.6. The Kier molecular flexibility index (Phi) is 8.43. The van der Waals surface area contributed by atoms with Crippen LogP contribution in [0.25, 0.3) is 0 Å². The van der Waals surface area contributed by atoms with Gasteiger partial charge in [0, 0.05) is 6.92 Å². The van der Waals surface area contributed by atoms with Gasteiger partial charge in [-0.2, -0.15) is 74.6 Å². The first-order valence-electron chi connectivity index (χ1n) is 9.58. The smallest absolute Gasteiger partial charge is 0.427 e. The summed E-state index contributed by atoms with van der Waals surface area (Å²) in [6.07, 6.45) is -10.9. The quantitative estimate of drug-likeness (QED) is 0.173. The van der Waals surface area contributed by atoms with Gasteiger partial charge < -0.3 is 9.84 Å². The van der Waals surface area contributed by atoms with Crippen molar-refractivity contribution in [1.82, 2.24) is 0 Å². The van der Waals surface area contributed by atoms with Gasteiger partial charge in [0.25, 0.3) is 0 Å². The standard InChI is InChI=1S/C19H13F17O3/c1-8(37)39-10-5-3-4-9(6-10)11(2,38)7-12(20,21)13(22,23)14(24,25)15(26,27)16(28,29)17(30,31)18(32,33)19(34,35)36/h3-6,38H,7H2,1-2H3. The molecular weight excluding hydrogens is 599 g/mol. The van der Waals surface area contributed by atoms with Gasteiger partial charge in [-0.05, 0) is 24.6 Å². The molecule has 39 heavy (non-hydrogen) atoms. The van der Waals surface area contributed by atoms with E-state index in [2.05, 4.69) is 4.74 Å². The Morgan fingerprint density at radius 1 is 0.692 bits per heavy atom. The van der Waals surface area contributed by atoms with Crippen LogP contribution < -0.4 is 4.74 Å². The molecule has 1 atom stereocenters. The molecule has 1 rings (SSSR count). The Morgan fingerprint density at radius 3 is 1.46 bits per heavy atom. The molecule has 20 heteroatoms. The first-order chi connectivity index (χ1) is 16.8. The van der Waals surface area contributed by atoms with Crippen LogP contribution in [0.15, 0.2) is 24.3 Å². The number of rotatable bonds is 10. The fraction of sp³-hybridized carbons (Fsp3) is 0.632. The van der Waals surface area contributed by atoms with Crippen molar-refractivity contribution in [1.29, 1.82) is 0 Å². The molecule has 0 radical (unpaired) electrons. The first-order valence-corrected chi connectivity index (χ1v) is 9.58. The predicted molar refractivity (Wildman–Crippen MR) is 92.6 cm³/mol. The van der Waals surface area contributed by atoms with Gasteiger partial charge in [-0.25, -0.2) is 0 Å². The monoisotopic (exact) mass is 612 g/mol. The van der Waals surface area contributed by atoms with Crippen molar-refractivity contribution >= 4 is 5.97 Å². The lowest BCUT2D eigenvalue weighted by Gasteiger charge is -2.43. The van der Waals surface area contributed by atoms with E-state index in [0.717, 1.165) is 19.1 Å². The van der Waals surface area contributed by atoms with Gasteiger partial charge in [0.15, 0.2) is 0 Å². The molecule has 0 aliphatic carbocycles. The van der Waals surface area contributed by atoms with Crippen molar-refractivity contribution in [2.45, 2.75) is 73.5 Å². The Bertz CT molecular complexity index is 1060. The maximum absolute atomic E-state index is 14.3. The van der Waals surface area contributed by atoms with Gasteiger partial charge in [0.05, 0.1) is 12.0 Å². The summed E-state index contributed by atoms with van der Waals surface area (Å²) in [5, 5.41) is 10.1. The lowest BCUT2D eigenvalue weighted by molar-refractivity contribution is -0.462. The van der Waals surface area contributed by atoms with Crippen molar-refractivity contribution in [3.8, 4) is 5.75 Å². The third-order valence-electron chi connectivity index (χ3n) is 5.07. The van der Waals surface area contributed by atoms with Crippen LogP contribution >= 0.6 is 0 Å². The molecule has 1 aromatic carbocycles. The fourth-order valence-corrected chi connectivity index (χ4v) is 2.90. The van der Waals surface area contributed by atoms with Gasteiger partial charge in [-0.3, -0.25) is 4.79 Å². The third-order valence-corrected chi connectivity index (χ3v) is 5.07. The summed E-state index contributed by atoms with van der Waals surface area (Å²) in [7, 11) is 0. The van der Waals surface area contributed by atoms with E-state index in [4.69, 9.17) is 0 Å². The predicted octanol–water partition coefficient (Wildman–Crippen LogP) is 7.22. The van der Waals surface area contributed by atoms with E-state index in [1.54, 1.807) is 0 Å². The first kappa shape index (κ1) is 34.5. The average Bonchev–Trinajstić information content (AvgIpc) is 2.71. The average molecular weight is 612 g/mol. The Balaban J connectivity index is 3.60. The molecule has 0 amide bonds. The lowest BCUT2D eigenvalue weighted by Crippen LogP contribution is -2.74. The van der Waals surface area contributed by atoms with Gasteiger partial charge in [0.1, 0.15) is 5.75 Å². The molecule has 0 saturated heterocycles. The summed E-state index contributed by atoms with van der Waals surface area (Å²) in [6.45, 7) is 0.943. The van der Waals surface area contributed by atoms with E-state index in [1.807, 2.05) is 0 Å². The topological polar surface area (TPSA) is 46.5 Å². The van der Waals surface area contributed by atoms with Crippen LogP contribution in [0.1, 0.15) is 25.8 Å². The van der Waals surface area contributed by atoms with Crippen molar-refractivity contribution in [3.63, 3.8) is 0 Å². The third kappa shape index (κ3) is 5.31. The number of carbonyl (C=O) groups excluding carboxylic acids is 1. The van der Waals surface area contributed by atoms with Crippen molar-refractivity contribution in [2.75, 3.05) is 0 Å². The molecular formula is C19H13F17O3. The van der Waals surface area contributed by atoms with Crippen LogP contribution in [0.5, 0.6) is 5.75 Å². The highest BCUT2D eigenvalue weighted by Crippen LogP contribution is 2.64. The number of benzene rings is 1. The Morgan fingerprint density at radius 2 is 1.08 bits per heavy atom. The summed E-state index contributed by atoms with van der Waals surface area (Å²) in [4.78, 5) is 10.9. The number of hydrogen-bond acceptors (Lipinski definition) is 3. The van der Waals surface area contributed by atoms with Crippen LogP contribution in [-0.2, 0) is 10.4 Å². The summed E-state index contributed by atoms with van der Waals surface area (Å²) < 4.78 is 232. The summed E-state index contributed by atoms with van der Waals surface area (Å²) in [5.74, 6) is -59.1. The SMILES string of the molecule is CC(=O)Oc1cccc(C(C)(O)CC(F)(F)C(F)(F)C(F)(F)C(F)(F)C(F)(F)C(F)(F)C(F)(F)C(F)(F)F)c1. The number of carbonyl (C=O) groups is 1. The molecule has 0 aliphatic heterocycles. The Hall–Kier alpha value is -2.54. The maximum atomic E-state index is 14.3. The summed E-state index contributed by atoms with van der Waals surface area (Å²) in [5.41, 5.74) is -4.49. The van der Waals surface area contributed by atoms with Crippen LogP contribution in [0.2, 0.25) is 0 Å². The van der Waals surface area contributed by atoms with E-state index < -0.39 is 76.9 Å². The lowest BCUT2D eigenvalue weighted by atomic mass is 9.83. The number of ether oxygens (including phenoxy) is 1. The van der Waals surface area contributed by atoms with E-state index in [-0.39, 0.29) is 6.92 Å². The van der Waals surface area contributed by atoms with Crippen LogP contribution in [0.4, 0.5) is 74.6 Å². The van der Waals surface area contributed by atoms with Crippen LogP contribution in [-0.4, -0.2) is 58.7 Å². The number of aliphatic hydroxyl groups is 1. The molecule has 0 aromatic heterocycles. The van der Waals surface area contributed by atoms with E-state index in [9.17, 15) is 84.5 Å². The fourth-order valence-electron chi connectivity index (χ4n) is 2.90. The van der Waals surface area contributed by atoms with Crippen molar-refractivity contribution in [3.05, 3.63) is 29.8 Å². The van der Waals surface area contributed by atoms with Gasteiger partial charge in [-0.1, -0.05) is 12.1 Å². The van der Waals surface area contributed by atoms with Crippen molar-refractivity contribution in [2.24, 2.45) is 0 Å². The number of alkyl halides is 17. The van der Waals surface area contributed by atoms with E-state index in [1.165, 1.54) is 0 Å². The van der Waals surface area contributed by atoms with E-state index in [0.29, 0.717) is 12.1 Å². The number of halogens is 17. The van der Waals surface area contributed by atoms with E-state index >= 15 is 0 Å². The minimum absolute atomic E-state index is 0.146. The molecule has 0 saturated carbocycles. The molecule has 0 heterocycles.